The first-order valence-corrected chi connectivity index (χ1v) is 6.14. The number of hydrogen-bond donors (Lipinski definition) is 0. The van der Waals surface area contributed by atoms with Gasteiger partial charge >= 0.3 is 0 Å². The van der Waals surface area contributed by atoms with E-state index in [0.29, 0.717) is 0 Å². The third kappa shape index (κ3) is 0.845. The fourth-order valence-electron chi connectivity index (χ4n) is 2.89. The molecule has 0 heterocycles. The number of carbonyl (C=O) groups excluding carboxylic acids is 2. The van der Waals surface area contributed by atoms with E-state index >= 15 is 0 Å². The second kappa shape index (κ2) is 2.55. The van der Waals surface area contributed by atoms with Gasteiger partial charge in [-0.3, -0.25) is 9.59 Å². The molecule has 0 radical (unpaired) electrons. The topological polar surface area (TPSA) is 34.1 Å². The van der Waals surface area contributed by atoms with Crippen molar-refractivity contribution >= 4 is 34.2 Å². The second-order valence-electron chi connectivity index (χ2n) is 4.67. The van der Waals surface area contributed by atoms with Crippen molar-refractivity contribution in [3.8, 4) is 0 Å². The summed E-state index contributed by atoms with van der Waals surface area (Å²) in [4.78, 5) is 23.3. The summed E-state index contributed by atoms with van der Waals surface area (Å²) < 4.78 is 0.906. The molecule has 13 heavy (non-hydrogen) atoms. The molecule has 3 heteroatoms. The van der Waals surface area contributed by atoms with E-state index in [1.807, 2.05) is 6.92 Å². The standard InChI is InChI=1S/C10H13IO2/c1-9-4-3-6(7(12)8(9)13)10(9,2)5-11/h6H,3-5H2,1-2H3. The van der Waals surface area contributed by atoms with Crippen molar-refractivity contribution in [1.82, 2.24) is 0 Å². The molecule has 2 nitrogen and oxygen atoms in total. The minimum Gasteiger partial charge on any atom is -0.291 e. The van der Waals surface area contributed by atoms with E-state index in [4.69, 9.17) is 0 Å². The second-order valence-corrected chi connectivity index (χ2v) is 5.43. The summed E-state index contributed by atoms with van der Waals surface area (Å²) in [7, 11) is 0. The molecule has 0 amide bonds. The lowest BCUT2D eigenvalue weighted by Crippen LogP contribution is -2.36. The van der Waals surface area contributed by atoms with Gasteiger partial charge in [0.15, 0.2) is 0 Å². The van der Waals surface area contributed by atoms with E-state index in [-0.39, 0.29) is 28.3 Å². The van der Waals surface area contributed by atoms with Crippen LogP contribution >= 0.6 is 22.6 Å². The Hall–Kier alpha value is 0.0700. The summed E-state index contributed by atoms with van der Waals surface area (Å²) in [6.45, 7) is 4.07. The molecule has 2 rings (SSSR count). The maximum atomic E-state index is 11.7. The zero-order valence-corrected chi connectivity index (χ0v) is 10.1. The highest BCUT2D eigenvalue weighted by molar-refractivity contribution is 14.1. The van der Waals surface area contributed by atoms with E-state index in [0.717, 1.165) is 17.3 Å². The number of hydrogen-bond acceptors (Lipinski definition) is 2. The molecular weight excluding hydrogens is 279 g/mol. The summed E-state index contributed by atoms with van der Waals surface area (Å²) >= 11 is 2.30. The Kier molecular flexibility index (Phi) is 1.89. The van der Waals surface area contributed by atoms with Crippen LogP contribution in [0.4, 0.5) is 0 Å². The van der Waals surface area contributed by atoms with Gasteiger partial charge in [0, 0.05) is 15.8 Å². The van der Waals surface area contributed by atoms with Crippen LogP contribution in [-0.2, 0) is 9.59 Å². The van der Waals surface area contributed by atoms with Crippen molar-refractivity contribution in [2.75, 3.05) is 4.43 Å². The molecule has 0 aromatic heterocycles. The average molecular weight is 292 g/mol. The van der Waals surface area contributed by atoms with Crippen molar-refractivity contribution in [3.05, 3.63) is 0 Å². The molecule has 2 aliphatic carbocycles. The third-order valence-corrected chi connectivity index (χ3v) is 5.87. The van der Waals surface area contributed by atoms with Gasteiger partial charge < -0.3 is 0 Å². The summed E-state index contributed by atoms with van der Waals surface area (Å²) in [5.41, 5.74) is -0.419. The lowest BCUT2D eigenvalue weighted by molar-refractivity contribution is -0.141. The summed E-state index contributed by atoms with van der Waals surface area (Å²) in [6, 6.07) is 0. The van der Waals surface area contributed by atoms with E-state index < -0.39 is 0 Å². The van der Waals surface area contributed by atoms with Gasteiger partial charge in [-0.05, 0) is 18.3 Å². The van der Waals surface area contributed by atoms with Crippen molar-refractivity contribution in [2.24, 2.45) is 16.7 Å². The Morgan fingerprint density at radius 3 is 2.38 bits per heavy atom. The third-order valence-electron chi connectivity index (χ3n) is 4.28. The van der Waals surface area contributed by atoms with Crippen molar-refractivity contribution in [1.29, 1.82) is 0 Å². The van der Waals surface area contributed by atoms with Gasteiger partial charge in [-0.25, -0.2) is 0 Å². The molecule has 0 aliphatic heterocycles. The maximum Gasteiger partial charge on any atom is 0.205 e. The Labute approximate surface area is 91.6 Å². The van der Waals surface area contributed by atoms with Crippen LogP contribution < -0.4 is 0 Å². The first kappa shape index (κ1) is 9.62. The van der Waals surface area contributed by atoms with E-state index in [9.17, 15) is 9.59 Å². The van der Waals surface area contributed by atoms with Crippen LogP contribution in [0.2, 0.25) is 0 Å². The van der Waals surface area contributed by atoms with E-state index in [1.165, 1.54) is 0 Å². The van der Waals surface area contributed by atoms with Crippen LogP contribution in [0.15, 0.2) is 0 Å². The van der Waals surface area contributed by atoms with Crippen molar-refractivity contribution < 1.29 is 9.59 Å². The molecule has 0 N–H and O–H groups in total. The molecule has 2 saturated carbocycles. The van der Waals surface area contributed by atoms with Gasteiger partial charge in [-0.1, -0.05) is 36.4 Å². The summed E-state index contributed by atoms with van der Waals surface area (Å²) in [5.74, 6) is -0.197. The lowest BCUT2D eigenvalue weighted by Gasteiger charge is -2.33. The number of fused-ring (bicyclic) bond motifs is 2. The molecule has 3 atom stereocenters. The lowest BCUT2D eigenvalue weighted by atomic mass is 9.70. The van der Waals surface area contributed by atoms with Crippen molar-refractivity contribution in [3.63, 3.8) is 0 Å². The zero-order chi connectivity index (χ0) is 9.85. The molecule has 0 aromatic rings. The average Bonchev–Trinajstić information content (AvgIpc) is 2.44. The molecule has 0 aromatic carbocycles. The molecule has 0 saturated heterocycles. The van der Waals surface area contributed by atoms with E-state index in [2.05, 4.69) is 29.5 Å². The number of Topliss-reactive ketones (excluding diaryl/α,β-unsaturated/α-hetero) is 2. The van der Waals surface area contributed by atoms with Gasteiger partial charge in [0.1, 0.15) is 0 Å². The minimum absolute atomic E-state index is 0.0156. The number of ketones is 2. The van der Waals surface area contributed by atoms with Crippen LogP contribution in [0.3, 0.4) is 0 Å². The molecule has 2 fully saturated rings. The number of rotatable bonds is 1. The highest BCUT2D eigenvalue weighted by atomic mass is 127. The summed E-state index contributed by atoms with van der Waals surface area (Å²) in [5, 5.41) is 0. The maximum absolute atomic E-state index is 11.7. The smallest absolute Gasteiger partial charge is 0.205 e. The van der Waals surface area contributed by atoms with Gasteiger partial charge in [0.25, 0.3) is 0 Å². The molecule has 72 valence electrons. The first-order valence-electron chi connectivity index (χ1n) is 4.62. The van der Waals surface area contributed by atoms with Gasteiger partial charge in [0.05, 0.1) is 0 Å². The Morgan fingerprint density at radius 2 is 2.08 bits per heavy atom. The molecule has 2 bridgehead atoms. The van der Waals surface area contributed by atoms with Crippen LogP contribution in [0.25, 0.3) is 0 Å². The fourth-order valence-corrected chi connectivity index (χ4v) is 4.26. The van der Waals surface area contributed by atoms with Gasteiger partial charge in [0.2, 0.25) is 11.6 Å². The molecule has 0 spiro atoms. The van der Waals surface area contributed by atoms with Crippen LogP contribution in [0.5, 0.6) is 0 Å². The molecule has 2 aliphatic rings. The number of carbonyl (C=O) groups is 2. The predicted molar refractivity (Wildman–Crippen MR) is 57.8 cm³/mol. The molecule has 3 unspecified atom stereocenters. The quantitative estimate of drug-likeness (QED) is 0.421. The Bertz CT molecular complexity index is 299. The fraction of sp³-hybridized carbons (Fsp3) is 0.800. The van der Waals surface area contributed by atoms with Gasteiger partial charge in [-0.15, -0.1) is 0 Å². The Morgan fingerprint density at radius 1 is 1.46 bits per heavy atom. The summed E-state index contributed by atoms with van der Waals surface area (Å²) in [6.07, 6.45) is 1.82. The monoisotopic (exact) mass is 292 g/mol. The van der Waals surface area contributed by atoms with Gasteiger partial charge in [-0.2, -0.15) is 0 Å². The molecular formula is C10H13IO2. The van der Waals surface area contributed by atoms with Crippen LogP contribution in [0.1, 0.15) is 26.7 Å². The van der Waals surface area contributed by atoms with Crippen molar-refractivity contribution in [2.45, 2.75) is 26.7 Å². The SMILES string of the molecule is CC12CCC(C(=O)C1=O)C2(C)CI. The van der Waals surface area contributed by atoms with E-state index in [1.54, 1.807) is 0 Å². The number of halogens is 1. The van der Waals surface area contributed by atoms with Crippen LogP contribution in [0, 0.1) is 16.7 Å². The normalized spacial score (nSPS) is 49.0. The Balaban J connectivity index is 2.55. The highest BCUT2D eigenvalue weighted by Crippen LogP contribution is 2.62. The highest BCUT2D eigenvalue weighted by Gasteiger charge is 2.67. The predicted octanol–water partition coefficient (Wildman–Crippen LogP) is 2.00. The number of alkyl halides is 1. The largest absolute Gasteiger partial charge is 0.291 e. The first-order chi connectivity index (χ1) is 5.97. The minimum atomic E-state index is -0.351. The zero-order valence-electron chi connectivity index (χ0n) is 7.89. The van der Waals surface area contributed by atoms with Crippen LogP contribution in [-0.4, -0.2) is 16.0 Å².